The van der Waals surface area contributed by atoms with E-state index in [9.17, 15) is 13.2 Å². The summed E-state index contributed by atoms with van der Waals surface area (Å²) in [6.07, 6.45) is 0. The van der Waals surface area contributed by atoms with Crippen LogP contribution >= 0.6 is 15.9 Å². The number of hydrogen-bond donors (Lipinski definition) is 1. The van der Waals surface area contributed by atoms with E-state index in [0.29, 0.717) is 10.2 Å². The lowest BCUT2D eigenvalue weighted by Crippen LogP contribution is -2.30. The summed E-state index contributed by atoms with van der Waals surface area (Å²) in [6, 6.07) is 9.29. The number of amides is 1. The summed E-state index contributed by atoms with van der Waals surface area (Å²) in [6.45, 7) is 1.66. The first-order valence-electron chi connectivity index (χ1n) is 5.28. The normalized spacial score (nSPS) is 11.3. The molecule has 19 heavy (non-hydrogen) atoms. The minimum atomic E-state index is -3.90. The molecule has 100 valence electrons. The summed E-state index contributed by atoms with van der Waals surface area (Å²) in [5, 5.41) is 0. The van der Waals surface area contributed by atoms with E-state index < -0.39 is 15.9 Å². The second kappa shape index (κ2) is 5.18. The highest BCUT2D eigenvalue weighted by atomic mass is 79.9. The first-order chi connectivity index (χ1) is 8.90. The number of carbonyl (C=O) groups is 1. The maximum atomic E-state index is 12.1. The number of aryl methyl sites for hydroxylation is 1. The standard InChI is InChI=1S/C12H10BrNO4S/c1-8-4-2-3-5-10(8)19(16,17)14-12(15)9-6-7-11(13)18-9/h2-7H,1H3,(H,14,15). The van der Waals surface area contributed by atoms with Crippen molar-refractivity contribution in [2.24, 2.45) is 0 Å². The zero-order chi connectivity index (χ0) is 14.0. The average Bonchev–Trinajstić information content (AvgIpc) is 2.76. The Hall–Kier alpha value is -1.60. The minimum absolute atomic E-state index is 0.0639. The Morgan fingerprint density at radius 3 is 2.47 bits per heavy atom. The fourth-order valence-electron chi connectivity index (χ4n) is 1.52. The molecule has 1 aromatic carbocycles. The summed E-state index contributed by atoms with van der Waals surface area (Å²) in [4.78, 5) is 11.8. The maximum absolute atomic E-state index is 12.1. The molecule has 0 aliphatic heterocycles. The molecule has 0 atom stereocenters. The van der Waals surface area contributed by atoms with E-state index in [4.69, 9.17) is 4.42 Å². The van der Waals surface area contributed by atoms with Crippen molar-refractivity contribution in [3.05, 3.63) is 52.4 Å². The molecule has 2 aromatic rings. The molecule has 7 heteroatoms. The van der Waals surface area contributed by atoms with Crippen molar-refractivity contribution in [3.63, 3.8) is 0 Å². The van der Waals surface area contributed by atoms with Crippen LogP contribution in [0.5, 0.6) is 0 Å². The molecule has 1 aromatic heterocycles. The second-order valence-electron chi connectivity index (χ2n) is 3.80. The van der Waals surface area contributed by atoms with Gasteiger partial charge in [-0.25, -0.2) is 13.1 Å². The summed E-state index contributed by atoms with van der Waals surface area (Å²) in [7, 11) is -3.90. The van der Waals surface area contributed by atoms with Crippen LogP contribution in [-0.4, -0.2) is 14.3 Å². The molecule has 0 bridgehead atoms. The van der Waals surface area contributed by atoms with E-state index in [1.165, 1.54) is 18.2 Å². The highest BCUT2D eigenvalue weighted by Crippen LogP contribution is 2.17. The van der Waals surface area contributed by atoms with Gasteiger partial charge in [-0.3, -0.25) is 4.79 Å². The van der Waals surface area contributed by atoms with E-state index >= 15 is 0 Å². The topological polar surface area (TPSA) is 76.4 Å². The van der Waals surface area contributed by atoms with Crippen LogP contribution in [0.15, 0.2) is 50.4 Å². The van der Waals surface area contributed by atoms with Crippen LogP contribution in [-0.2, 0) is 10.0 Å². The lowest BCUT2D eigenvalue weighted by molar-refractivity contribution is 0.0953. The predicted octanol–water partition coefficient (Wildman–Crippen LogP) is 2.47. The molecular weight excluding hydrogens is 334 g/mol. The molecule has 0 spiro atoms. The number of halogens is 1. The lowest BCUT2D eigenvalue weighted by atomic mass is 10.2. The van der Waals surface area contributed by atoms with Crippen LogP contribution in [0.2, 0.25) is 0 Å². The Balaban J connectivity index is 2.28. The lowest BCUT2D eigenvalue weighted by Gasteiger charge is -2.07. The van der Waals surface area contributed by atoms with Crippen molar-refractivity contribution < 1.29 is 17.6 Å². The van der Waals surface area contributed by atoms with Gasteiger partial charge in [-0.2, -0.15) is 0 Å². The molecule has 1 N–H and O–H groups in total. The highest BCUT2D eigenvalue weighted by molar-refractivity contribution is 9.10. The van der Waals surface area contributed by atoms with Gasteiger partial charge in [-0.1, -0.05) is 18.2 Å². The highest BCUT2D eigenvalue weighted by Gasteiger charge is 2.21. The maximum Gasteiger partial charge on any atom is 0.300 e. The number of rotatable bonds is 3. The van der Waals surface area contributed by atoms with Gasteiger partial charge in [0, 0.05) is 0 Å². The Labute approximate surface area is 118 Å². The van der Waals surface area contributed by atoms with E-state index in [2.05, 4.69) is 15.9 Å². The Bertz CT molecular complexity index is 721. The fourth-order valence-corrected chi connectivity index (χ4v) is 3.03. The molecule has 0 saturated carbocycles. The van der Waals surface area contributed by atoms with Gasteiger partial charge in [0.05, 0.1) is 4.90 Å². The van der Waals surface area contributed by atoms with Crippen molar-refractivity contribution in [3.8, 4) is 0 Å². The quantitative estimate of drug-likeness (QED) is 0.928. The molecule has 1 amide bonds. The van der Waals surface area contributed by atoms with Gasteiger partial charge in [0.1, 0.15) is 0 Å². The fraction of sp³-hybridized carbons (Fsp3) is 0.0833. The Morgan fingerprint density at radius 1 is 1.21 bits per heavy atom. The predicted molar refractivity (Wildman–Crippen MR) is 72.2 cm³/mol. The van der Waals surface area contributed by atoms with E-state index in [1.54, 1.807) is 25.1 Å². The summed E-state index contributed by atoms with van der Waals surface area (Å²) in [5.74, 6) is -0.891. The number of carbonyl (C=O) groups excluding carboxylic acids is 1. The van der Waals surface area contributed by atoms with E-state index in [0.717, 1.165) is 0 Å². The first-order valence-corrected chi connectivity index (χ1v) is 7.56. The van der Waals surface area contributed by atoms with Crippen LogP contribution in [0.25, 0.3) is 0 Å². The van der Waals surface area contributed by atoms with Gasteiger partial charge < -0.3 is 4.42 Å². The molecular formula is C12H10BrNO4S. The van der Waals surface area contributed by atoms with Gasteiger partial charge in [-0.15, -0.1) is 0 Å². The number of hydrogen-bond acceptors (Lipinski definition) is 4. The van der Waals surface area contributed by atoms with E-state index in [-0.39, 0.29) is 10.7 Å². The van der Waals surface area contributed by atoms with Crippen LogP contribution in [0.3, 0.4) is 0 Å². The minimum Gasteiger partial charge on any atom is -0.444 e. The summed E-state index contributed by atoms with van der Waals surface area (Å²) >= 11 is 3.04. The smallest absolute Gasteiger partial charge is 0.300 e. The monoisotopic (exact) mass is 343 g/mol. The number of nitrogens with one attached hydrogen (secondary N) is 1. The number of benzene rings is 1. The van der Waals surface area contributed by atoms with Gasteiger partial charge in [0.25, 0.3) is 10.0 Å². The van der Waals surface area contributed by atoms with Crippen molar-refractivity contribution in [2.45, 2.75) is 11.8 Å². The zero-order valence-electron chi connectivity index (χ0n) is 9.88. The molecule has 1 heterocycles. The van der Waals surface area contributed by atoms with Crippen LogP contribution in [0, 0.1) is 6.92 Å². The van der Waals surface area contributed by atoms with E-state index in [1.807, 2.05) is 4.72 Å². The molecule has 0 unspecified atom stereocenters. The van der Waals surface area contributed by atoms with Crippen molar-refractivity contribution in [1.29, 1.82) is 0 Å². The zero-order valence-corrected chi connectivity index (χ0v) is 12.3. The van der Waals surface area contributed by atoms with Crippen LogP contribution in [0.1, 0.15) is 16.1 Å². The molecule has 0 saturated heterocycles. The molecule has 2 rings (SSSR count). The molecule has 0 fully saturated rings. The van der Waals surface area contributed by atoms with Crippen molar-refractivity contribution in [2.75, 3.05) is 0 Å². The van der Waals surface area contributed by atoms with Crippen molar-refractivity contribution in [1.82, 2.24) is 4.72 Å². The number of furan rings is 1. The SMILES string of the molecule is Cc1ccccc1S(=O)(=O)NC(=O)c1ccc(Br)o1. The van der Waals surface area contributed by atoms with Crippen LogP contribution < -0.4 is 4.72 Å². The van der Waals surface area contributed by atoms with Gasteiger partial charge in [-0.05, 0) is 46.6 Å². The molecule has 5 nitrogen and oxygen atoms in total. The summed E-state index contributed by atoms with van der Waals surface area (Å²) < 4.78 is 31.4. The van der Waals surface area contributed by atoms with Gasteiger partial charge >= 0.3 is 5.91 Å². The molecule has 0 radical (unpaired) electrons. The summed E-state index contributed by atoms with van der Waals surface area (Å²) in [5.41, 5.74) is 0.559. The molecule has 0 aliphatic rings. The third kappa shape index (κ3) is 3.05. The third-order valence-electron chi connectivity index (χ3n) is 2.41. The average molecular weight is 344 g/mol. The Morgan fingerprint density at radius 2 is 1.89 bits per heavy atom. The molecule has 0 aliphatic carbocycles. The Kier molecular flexibility index (Phi) is 3.77. The first kappa shape index (κ1) is 13.8. The van der Waals surface area contributed by atoms with Crippen LogP contribution in [0.4, 0.5) is 0 Å². The second-order valence-corrected chi connectivity index (χ2v) is 6.24. The largest absolute Gasteiger partial charge is 0.444 e. The number of sulfonamides is 1. The van der Waals surface area contributed by atoms with Gasteiger partial charge in [0.15, 0.2) is 10.4 Å². The van der Waals surface area contributed by atoms with Gasteiger partial charge in [0.2, 0.25) is 0 Å². The third-order valence-corrected chi connectivity index (χ3v) is 4.32. The van der Waals surface area contributed by atoms with Crippen molar-refractivity contribution >= 4 is 31.9 Å².